The van der Waals surface area contributed by atoms with Crippen molar-refractivity contribution in [2.75, 3.05) is 24.8 Å². The summed E-state index contributed by atoms with van der Waals surface area (Å²) in [5.74, 6) is -0.674. The van der Waals surface area contributed by atoms with Gasteiger partial charge in [-0.05, 0) is 54.4 Å². The molecule has 190 valence electrons. The zero-order valence-electron chi connectivity index (χ0n) is 20.6. The van der Waals surface area contributed by atoms with Crippen LogP contribution in [0.5, 0.6) is 5.75 Å². The summed E-state index contributed by atoms with van der Waals surface area (Å²) in [6.45, 7) is 2.21. The number of benzene rings is 3. The number of fused-ring (bicyclic) bond motifs is 1. The number of hydrogen-bond acceptors (Lipinski definition) is 6. The third-order valence-electron chi connectivity index (χ3n) is 5.74. The van der Waals surface area contributed by atoms with Crippen molar-refractivity contribution in [1.82, 2.24) is 9.88 Å². The van der Waals surface area contributed by atoms with Crippen LogP contribution < -0.4 is 15.4 Å². The highest BCUT2D eigenvalue weighted by molar-refractivity contribution is 7.18. The van der Waals surface area contributed by atoms with Gasteiger partial charge < -0.3 is 25.4 Å². The molecular formula is C27H26N4O5S. The van der Waals surface area contributed by atoms with Crippen molar-refractivity contribution in [1.29, 1.82) is 0 Å². The lowest BCUT2D eigenvalue weighted by Crippen LogP contribution is -2.27. The van der Waals surface area contributed by atoms with E-state index in [-0.39, 0.29) is 17.9 Å². The maximum absolute atomic E-state index is 12.9. The minimum Gasteiger partial charge on any atom is -0.495 e. The number of rotatable bonds is 8. The molecule has 3 amide bonds. The fraction of sp³-hybridized carbons (Fsp3) is 0.185. The number of carbonyl (C=O) groups excluding carboxylic acids is 2. The Kier molecular flexibility index (Phi) is 7.69. The molecule has 10 heteroatoms. The lowest BCUT2D eigenvalue weighted by molar-refractivity contribution is -0.129. The highest BCUT2D eigenvalue weighted by Gasteiger charge is 2.16. The molecule has 3 aromatic carbocycles. The van der Waals surface area contributed by atoms with E-state index in [1.807, 2.05) is 31.2 Å². The van der Waals surface area contributed by atoms with Crippen molar-refractivity contribution in [3.05, 3.63) is 82.4 Å². The van der Waals surface area contributed by atoms with E-state index in [2.05, 4.69) is 15.6 Å². The van der Waals surface area contributed by atoms with E-state index in [1.165, 1.54) is 24.5 Å². The van der Waals surface area contributed by atoms with Crippen LogP contribution in [0.15, 0.2) is 60.7 Å². The molecule has 4 aromatic rings. The second-order valence-electron chi connectivity index (χ2n) is 8.45. The molecule has 0 saturated heterocycles. The molecule has 3 N–H and O–H groups in total. The fourth-order valence-electron chi connectivity index (χ4n) is 3.71. The van der Waals surface area contributed by atoms with E-state index in [1.54, 1.807) is 42.3 Å². The number of aryl methyl sites for hydroxylation is 1. The highest BCUT2D eigenvalue weighted by Crippen LogP contribution is 2.27. The molecule has 0 bridgehead atoms. The molecular weight excluding hydrogens is 492 g/mol. The first-order chi connectivity index (χ1) is 17.7. The molecule has 4 rings (SSSR count). The number of carboxylic acid groups (broad SMARTS) is 1. The summed E-state index contributed by atoms with van der Waals surface area (Å²) in [4.78, 5) is 42.6. The van der Waals surface area contributed by atoms with Gasteiger partial charge in [-0.15, -0.1) is 11.3 Å². The summed E-state index contributed by atoms with van der Waals surface area (Å²) in [5.41, 5.74) is 3.76. The maximum atomic E-state index is 12.9. The van der Waals surface area contributed by atoms with Crippen LogP contribution in [0.3, 0.4) is 0 Å². The van der Waals surface area contributed by atoms with Crippen molar-refractivity contribution >= 4 is 50.8 Å². The van der Waals surface area contributed by atoms with Gasteiger partial charge in [0.05, 0.1) is 41.5 Å². The summed E-state index contributed by atoms with van der Waals surface area (Å²) >= 11 is 1.36. The van der Waals surface area contributed by atoms with Crippen LogP contribution in [-0.4, -0.2) is 47.1 Å². The minimum atomic E-state index is -0.993. The standard InChI is InChI=1S/C27H26N4O5S/c1-16-6-4-5-7-19(16)29-27(35)30-20-10-8-17(12-22(20)36-3)13-25(32)31(2)15-24-28-21-11-9-18(26(33)34)14-23(21)37-24/h4-12,14H,13,15H2,1-3H3,(H,33,34)(H2,29,30,35). The largest absolute Gasteiger partial charge is 0.495 e. The predicted octanol–water partition coefficient (Wildman–Crippen LogP) is 5.16. The van der Waals surface area contributed by atoms with Gasteiger partial charge in [0.15, 0.2) is 0 Å². The van der Waals surface area contributed by atoms with Crippen molar-refractivity contribution in [2.24, 2.45) is 0 Å². The zero-order chi connectivity index (χ0) is 26.5. The number of carbonyl (C=O) groups is 3. The Morgan fingerprint density at radius 2 is 1.78 bits per heavy atom. The molecule has 0 radical (unpaired) electrons. The molecule has 0 aliphatic rings. The molecule has 0 atom stereocenters. The van der Waals surface area contributed by atoms with E-state index in [4.69, 9.17) is 4.74 Å². The number of aromatic carboxylic acids is 1. The number of amides is 3. The second-order valence-corrected chi connectivity index (χ2v) is 9.57. The van der Waals surface area contributed by atoms with Gasteiger partial charge in [0.2, 0.25) is 5.91 Å². The number of aromatic nitrogens is 1. The first-order valence-electron chi connectivity index (χ1n) is 11.4. The molecule has 0 spiro atoms. The molecule has 0 saturated carbocycles. The highest BCUT2D eigenvalue weighted by atomic mass is 32.1. The van der Waals surface area contributed by atoms with Gasteiger partial charge >= 0.3 is 12.0 Å². The SMILES string of the molecule is COc1cc(CC(=O)N(C)Cc2nc3ccc(C(=O)O)cc3s2)ccc1NC(=O)Nc1ccccc1C. The van der Waals surface area contributed by atoms with Gasteiger partial charge in [0.25, 0.3) is 0 Å². The Hall–Kier alpha value is -4.44. The topological polar surface area (TPSA) is 121 Å². The number of likely N-dealkylation sites (N-methyl/N-ethyl adjacent to an activating group) is 1. The lowest BCUT2D eigenvalue weighted by Gasteiger charge is -2.17. The van der Waals surface area contributed by atoms with Gasteiger partial charge in [-0.2, -0.15) is 0 Å². The van der Waals surface area contributed by atoms with E-state index < -0.39 is 12.0 Å². The van der Waals surface area contributed by atoms with E-state index in [0.29, 0.717) is 34.2 Å². The normalized spacial score (nSPS) is 10.7. The van der Waals surface area contributed by atoms with Gasteiger partial charge in [-0.25, -0.2) is 14.6 Å². The number of ether oxygens (including phenoxy) is 1. The summed E-state index contributed by atoms with van der Waals surface area (Å²) in [6.07, 6.45) is 0.136. The number of methoxy groups -OCH3 is 1. The number of thiazole rings is 1. The van der Waals surface area contributed by atoms with Crippen LogP contribution in [0.25, 0.3) is 10.2 Å². The Labute approximate surface area is 217 Å². The Morgan fingerprint density at radius 3 is 2.51 bits per heavy atom. The third-order valence-corrected chi connectivity index (χ3v) is 6.74. The molecule has 1 heterocycles. The monoisotopic (exact) mass is 518 g/mol. The van der Waals surface area contributed by atoms with Crippen LogP contribution >= 0.6 is 11.3 Å². The second kappa shape index (κ2) is 11.1. The summed E-state index contributed by atoms with van der Waals surface area (Å²) in [5, 5.41) is 15.5. The van der Waals surface area contributed by atoms with E-state index in [0.717, 1.165) is 15.8 Å². The minimum absolute atomic E-state index is 0.120. The first-order valence-corrected chi connectivity index (χ1v) is 12.2. The van der Waals surface area contributed by atoms with Gasteiger partial charge in [0, 0.05) is 12.7 Å². The number of urea groups is 1. The van der Waals surface area contributed by atoms with Gasteiger partial charge in [0.1, 0.15) is 10.8 Å². The lowest BCUT2D eigenvalue weighted by atomic mass is 10.1. The zero-order valence-corrected chi connectivity index (χ0v) is 21.4. The average molecular weight is 519 g/mol. The van der Waals surface area contributed by atoms with Crippen LogP contribution in [0.4, 0.5) is 16.2 Å². The predicted molar refractivity (Wildman–Crippen MR) is 144 cm³/mol. The van der Waals surface area contributed by atoms with Crippen LogP contribution in [0.2, 0.25) is 0 Å². The number of para-hydroxylation sites is 1. The Morgan fingerprint density at radius 1 is 1.03 bits per heavy atom. The fourth-order valence-corrected chi connectivity index (χ4v) is 4.77. The third kappa shape index (κ3) is 6.22. The Balaban J connectivity index is 1.39. The number of hydrogen-bond donors (Lipinski definition) is 3. The van der Waals surface area contributed by atoms with Crippen molar-refractivity contribution in [3.8, 4) is 5.75 Å². The molecule has 0 fully saturated rings. The smallest absolute Gasteiger partial charge is 0.335 e. The van der Waals surface area contributed by atoms with Crippen molar-refractivity contribution < 1.29 is 24.2 Å². The number of nitrogens with zero attached hydrogens (tertiary/aromatic N) is 2. The summed E-state index contributed by atoms with van der Waals surface area (Å²) in [6, 6.07) is 17.0. The summed E-state index contributed by atoms with van der Waals surface area (Å²) < 4.78 is 6.20. The number of nitrogens with one attached hydrogen (secondary N) is 2. The maximum Gasteiger partial charge on any atom is 0.335 e. The molecule has 9 nitrogen and oxygen atoms in total. The van der Waals surface area contributed by atoms with Crippen molar-refractivity contribution in [2.45, 2.75) is 19.9 Å². The number of anilines is 2. The summed E-state index contributed by atoms with van der Waals surface area (Å²) in [7, 11) is 3.19. The van der Waals surface area contributed by atoms with E-state index in [9.17, 15) is 19.5 Å². The van der Waals surface area contributed by atoms with Crippen LogP contribution in [0, 0.1) is 6.92 Å². The number of carboxylic acids is 1. The van der Waals surface area contributed by atoms with Crippen LogP contribution in [-0.2, 0) is 17.8 Å². The van der Waals surface area contributed by atoms with Gasteiger partial charge in [-0.1, -0.05) is 24.3 Å². The molecule has 37 heavy (non-hydrogen) atoms. The van der Waals surface area contributed by atoms with E-state index >= 15 is 0 Å². The molecule has 0 aliphatic carbocycles. The molecule has 1 aromatic heterocycles. The quantitative estimate of drug-likeness (QED) is 0.296. The average Bonchev–Trinajstić information content (AvgIpc) is 3.27. The van der Waals surface area contributed by atoms with Crippen LogP contribution in [0.1, 0.15) is 26.5 Å². The Bertz CT molecular complexity index is 1480. The van der Waals surface area contributed by atoms with Crippen molar-refractivity contribution in [3.63, 3.8) is 0 Å². The first kappa shape index (κ1) is 25.6. The molecule has 0 unspecified atom stereocenters. The molecule has 0 aliphatic heterocycles. The van der Waals surface area contributed by atoms with Gasteiger partial charge in [-0.3, -0.25) is 4.79 Å².